The minimum Gasteiger partial charge on any atom is -0.489 e. The molecule has 2 aromatic carbocycles. The number of rotatable bonds is 5. The molecule has 140 valence electrons. The van der Waals surface area contributed by atoms with Gasteiger partial charge in [0, 0.05) is 23.5 Å². The van der Waals surface area contributed by atoms with E-state index in [1.165, 1.54) is 0 Å². The van der Waals surface area contributed by atoms with E-state index in [0.29, 0.717) is 12.3 Å². The Morgan fingerprint density at radius 2 is 1.62 bits per heavy atom. The van der Waals surface area contributed by atoms with Crippen molar-refractivity contribution in [1.82, 2.24) is 19.9 Å². The quantitative estimate of drug-likeness (QED) is 0.453. The van der Waals surface area contributed by atoms with E-state index >= 15 is 0 Å². The lowest BCUT2D eigenvalue weighted by Crippen LogP contribution is -1.94. The molecule has 0 spiro atoms. The number of pyridine rings is 2. The third-order valence-electron chi connectivity index (χ3n) is 4.68. The number of ether oxygens (including phenoxy) is 1. The Bertz CT molecular complexity index is 1230. The predicted molar refractivity (Wildman–Crippen MR) is 113 cm³/mol. The highest BCUT2D eigenvalue weighted by atomic mass is 16.5. The van der Waals surface area contributed by atoms with Gasteiger partial charge in [0.25, 0.3) is 0 Å². The number of nitrogens with zero attached hydrogens (tertiary/aromatic N) is 3. The number of nitrogens with one attached hydrogen (secondary N) is 1. The normalized spacial score (nSPS) is 10.9. The van der Waals surface area contributed by atoms with Gasteiger partial charge in [0.15, 0.2) is 5.65 Å². The Morgan fingerprint density at radius 3 is 2.41 bits per heavy atom. The van der Waals surface area contributed by atoms with Crippen LogP contribution in [0.2, 0.25) is 0 Å². The van der Waals surface area contributed by atoms with Gasteiger partial charge in [-0.1, -0.05) is 30.3 Å². The van der Waals surface area contributed by atoms with Crippen LogP contribution in [0.4, 0.5) is 0 Å². The largest absolute Gasteiger partial charge is 0.489 e. The summed E-state index contributed by atoms with van der Waals surface area (Å²) in [5.41, 5.74) is 5.54. The molecule has 3 aromatic heterocycles. The van der Waals surface area contributed by atoms with Crippen molar-refractivity contribution in [3.63, 3.8) is 0 Å². The third kappa shape index (κ3) is 3.71. The zero-order valence-corrected chi connectivity index (χ0v) is 15.6. The van der Waals surface area contributed by atoms with E-state index in [1.54, 1.807) is 12.4 Å². The van der Waals surface area contributed by atoms with E-state index in [-0.39, 0.29) is 0 Å². The van der Waals surface area contributed by atoms with Crippen molar-refractivity contribution < 1.29 is 4.74 Å². The number of aromatic amines is 1. The van der Waals surface area contributed by atoms with Gasteiger partial charge in [-0.05, 0) is 54.1 Å². The molecule has 3 heterocycles. The first-order valence-corrected chi connectivity index (χ1v) is 9.39. The highest BCUT2D eigenvalue weighted by Gasteiger charge is 2.09. The molecular weight excluding hydrogens is 360 g/mol. The first-order chi connectivity index (χ1) is 14.3. The number of imidazole rings is 1. The van der Waals surface area contributed by atoms with Crippen molar-refractivity contribution in [2.24, 2.45) is 0 Å². The number of benzene rings is 2. The number of H-pyrrole nitrogens is 1. The molecule has 5 heteroatoms. The van der Waals surface area contributed by atoms with Crippen molar-refractivity contribution in [3.05, 3.63) is 96.8 Å². The molecule has 0 bridgehead atoms. The molecule has 0 atom stereocenters. The summed E-state index contributed by atoms with van der Waals surface area (Å²) in [6, 6.07) is 25.9. The molecule has 0 unspecified atom stereocenters. The van der Waals surface area contributed by atoms with Crippen LogP contribution in [0.25, 0.3) is 33.8 Å². The Balaban J connectivity index is 1.36. The molecule has 0 saturated carbocycles. The molecule has 5 aromatic rings. The van der Waals surface area contributed by atoms with Gasteiger partial charge in [0.2, 0.25) is 0 Å². The summed E-state index contributed by atoms with van der Waals surface area (Å²) in [5, 5.41) is 0. The minimum absolute atomic E-state index is 0.547. The van der Waals surface area contributed by atoms with Crippen molar-refractivity contribution in [2.75, 3.05) is 0 Å². The monoisotopic (exact) mass is 378 g/mol. The van der Waals surface area contributed by atoms with E-state index < -0.39 is 0 Å². The third-order valence-corrected chi connectivity index (χ3v) is 4.68. The van der Waals surface area contributed by atoms with E-state index in [2.05, 4.69) is 32.1 Å². The van der Waals surface area contributed by atoms with E-state index in [4.69, 9.17) is 4.74 Å². The SMILES string of the molecule is c1ccc(COc2ccc(-c3nc4nc(-c5cccnc5)ccc4[nH]3)cc2)cc1. The van der Waals surface area contributed by atoms with Crippen LogP contribution in [0.5, 0.6) is 5.75 Å². The number of aromatic nitrogens is 4. The average molecular weight is 378 g/mol. The molecule has 5 rings (SSSR count). The zero-order chi connectivity index (χ0) is 19.5. The van der Waals surface area contributed by atoms with Crippen LogP contribution in [0.15, 0.2) is 91.3 Å². The summed E-state index contributed by atoms with van der Waals surface area (Å²) in [5.74, 6) is 1.61. The van der Waals surface area contributed by atoms with Crippen LogP contribution in [0, 0.1) is 0 Å². The summed E-state index contributed by atoms with van der Waals surface area (Å²) in [6.07, 6.45) is 3.55. The molecule has 29 heavy (non-hydrogen) atoms. The molecule has 0 aliphatic rings. The maximum atomic E-state index is 5.86. The summed E-state index contributed by atoms with van der Waals surface area (Å²) in [4.78, 5) is 16.8. The average Bonchev–Trinajstić information content (AvgIpc) is 3.23. The topological polar surface area (TPSA) is 63.7 Å². The zero-order valence-electron chi connectivity index (χ0n) is 15.6. The fourth-order valence-electron chi connectivity index (χ4n) is 3.15. The van der Waals surface area contributed by atoms with E-state index in [0.717, 1.165) is 39.5 Å². The van der Waals surface area contributed by atoms with Crippen LogP contribution in [0.1, 0.15) is 5.56 Å². The lowest BCUT2D eigenvalue weighted by Gasteiger charge is -2.06. The molecule has 0 aliphatic heterocycles. The summed E-state index contributed by atoms with van der Waals surface area (Å²) in [6.45, 7) is 0.547. The Kier molecular flexibility index (Phi) is 4.47. The number of hydrogen-bond acceptors (Lipinski definition) is 4. The maximum absolute atomic E-state index is 5.86. The predicted octanol–water partition coefficient (Wildman–Crippen LogP) is 5.27. The Labute approximate surface area is 168 Å². The van der Waals surface area contributed by atoms with Gasteiger partial charge in [-0.25, -0.2) is 9.97 Å². The Hall–Kier alpha value is -3.99. The first-order valence-electron chi connectivity index (χ1n) is 9.39. The van der Waals surface area contributed by atoms with Crippen LogP contribution >= 0.6 is 0 Å². The van der Waals surface area contributed by atoms with Crippen LogP contribution in [-0.2, 0) is 6.61 Å². The second kappa shape index (κ2) is 7.56. The fraction of sp³-hybridized carbons (Fsp3) is 0.0417. The Morgan fingerprint density at radius 1 is 0.759 bits per heavy atom. The van der Waals surface area contributed by atoms with Gasteiger partial charge in [-0.2, -0.15) is 0 Å². The van der Waals surface area contributed by atoms with Gasteiger partial charge in [-0.3, -0.25) is 4.98 Å². The fourth-order valence-corrected chi connectivity index (χ4v) is 3.15. The van der Waals surface area contributed by atoms with Crippen molar-refractivity contribution in [2.45, 2.75) is 6.61 Å². The summed E-state index contributed by atoms with van der Waals surface area (Å²) < 4.78 is 5.86. The molecule has 1 N–H and O–H groups in total. The molecule has 0 radical (unpaired) electrons. The molecule has 5 nitrogen and oxygen atoms in total. The van der Waals surface area contributed by atoms with E-state index in [1.807, 2.05) is 66.7 Å². The van der Waals surface area contributed by atoms with Gasteiger partial charge >= 0.3 is 0 Å². The molecule has 0 aliphatic carbocycles. The molecular formula is C24H18N4O. The van der Waals surface area contributed by atoms with Crippen molar-refractivity contribution >= 4 is 11.2 Å². The highest BCUT2D eigenvalue weighted by molar-refractivity contribution is 5.79. The summed E-state index contributed by atoms with van der Waals surface area (Å²) in [7, 11) is 0. The first kappa shape index (κ1) is 17.1. The smallest absolute Gasteiger partial charge is 0.178 e. The maximum Gasteiger partial charge on any atom is 0.178 e. The molecule has 0 fully saturated rings. The number of fused-ring (bicyclic) bond motifs is 1. The van der Waals surface area contributed by atoms with Crippen molar-refractivity contribution in [1.29, 1.82) is 0 Å². The second-order valence-corrected chi connectivity index (χ2v) is 6.69. The molecule has 0 saturated heterocycles. The second-order valence-electron chi connectivity index (χ2n) is 6.69. The van der Waals surface area contributed by atoms with Gasteiger partial charge in [-0.15, -0.1) is 0 Å². The summed E-state index contributed by atoms with van der Waals surface area (Å²) >= 11 is 0. The van der Waals surface area contributed by atoms with E-state index in [9.17, 15) is 0 Å². The molecule has 0 amide bonds. The standard InChI is InChI=1S/C24H18N4O/c1-2-5-17(6-3-1)16-29-20-10-8-18(9-11-20)23-27-22-13-12-21(26-24(22)28-23)19-7-4-14-25-15-19/h1-15H,16H2,(H,26,27,28). The minimum atomic E-state index is 0.547. The van der Waals surface area contributed by atoms with Crippen LogP contribution in [0.3, 0.4) is 0 Å². The number of hydrogen-bond donors (Lipinski definition) is 1. The van der Waals surface area contributed by atoms with Gasteiger partial charge in [0.05, 0.1) is 11.2 Å². The highest BCUT2D eigenvalue weighted by Crippen LogP contribution is 2.24. The lowest BCUT2D eigenvalue weighted by atomic mass is 10.2. The van der Waals surface area contributed by atoms with Gasteiger partial charge < -0.3 is 9.72 Å². The van der Waals surface area contributed by atoms with Crippen LogP contribution < -0.4 is 4.74 Å². The lowest BCUT2D eigenvalue weighted by molar-refractivity contribution is 0.306. The van der Waals surface area contributed by atoms with Crippen LogP contribution in [-0.4, -0.2) is 19.9 Å². The van der Waals surface area contributed by atoms with Crippen molar-refractivity contribution in [3.8, 4) is 28.4 Å². The van der Waals surface area contributed by atoms with Gasteiger partial charge in [0.1, 0.15) is 18.2 Å².